The van der Waals surface area contributed by atoms with E-state index in [0.717, 1.165) is 79.9 Å². The summed E-state index contributed by atoms with van der Waals surface area (Å²) < 4.78 is 20.2. The Morgan fingerprint density at radius 2 is 1.10 bits per heavy atom. The van der Waals surface area contributed by atoms with Crippen molar-refractivity contribution >= 4 is 35.0 Å². The van der Waals surface area contributed by atoms with Crippen molar-refractivity contribution in [3.63, 3.8) is 0 Å². The summed E-state index contributed by atoms with van der Waals surface area (Å²) in [4.78, 5) is 74.7. The number of methoxy groups -OCH3 is 3. The van der Waals surface area contributed by atoms with Crippen molar-refractivity contribution in [2.45, 2.75) is 66.2 Å². The Hall–Kier alpha value is -6.65. The van der Waals surface area contributed by atoms with E-state index in [4.69, 9.17) is 9.15 Å². The summed E-state index contributed by atoms with van der Waals surface area (Å²) in [5.74, 6) is 0.495. The molecular weight excluding hydrogens is 785 g/mol. The molecule has 2 aromatic carbocycles. The highest BCUT2D eigenvalue weighted by molar-refractivity contribution is 5.86. The van der Waals surface area contributed by atoms with Gasteiger partial charge in [0, 0.05) is 37.3 Å². The van der Waals surface area contributed by atoms with E-state index in [2.05, 4.69) is 67.7 Å². The minimum absolute atomic E-state index is 0.0344. The van der Waals surface area contributed by atoms with Gasteiger partial charge in [0.05, 0.1) is 63.2 Å². The van der Waals surface area contributed by atoms with E-state index >= 15 is 0 Å². The Kier molecular flexibility index (Phi) is 21.1. The van der Waals surface area contributed by atoms with Gasteiger partial charge in [-0.2, -0.15) is 0 Å². The maximum atomic E-state index is 13.1. The predicted molar refractivity (Wildman–Crippen MR) is 234 cm³/mol. The van der Waals surface area contributed by atoms with E-state index in [9.17, 15) is 24.0 Å². The van der Waals surface area contributed by atoms with Crippen molar-refractivity contribution in [2.75, 3.05) is 60.6 Å². The van der Waals surface area contributed by atoms with E-state index in [-0.39, 0.29) is 36.1 Å². The summed E-state index contributed by atoms with van der Waals surface area (Å²) in [6.45, 7) is 11.8. The Labute approximate surface area is 356 Å². The number of amides is 4. The van der Waals surface area contributed by atoms with Crippen LogP contribution in [-0.2, 0) is 19.1 Å². The van der Waals surface area contributed by atoms with Gasteiger partial charge in [-0.15, -0.1) is 0 Å². The molecule has 0 aliphatic carbocycles. The predicted octanol–water partition coefficient (Wildman–Crippen LogP) is 7.01. The summed E-state index contributed by atoms with van der Waals surface area (Å²) in [6.07, 6.45) is 12.3. The molecule has 0 radical (unpaired) electrons. The van der Waals surface area contributed by atoms with Crippen LogP contribution >= 0.6 is 0 Å². The first-order valence-corrected chi connectivity index (χ1v) is 20.5. The maximum Gasteiger partial charge on any atom is 0.407 e. The molecule has 5 aromatic rings. The van der Waals surface area contributed by atoms with Crippen LogP contribution < -0.4 is 20.8 Å². The van der Waals surface area contributed by atoms with Crippen molar-refractivity contribution in [3.8, 4) is 39.6 Å². The van der Waals surface area contributed by atoms with Crippen molar-refractivity contribution in [2.24, 2.45) is 0 Å². The number of rotatable bonds is 8. The normalized spacial score (nSPS) is 12.5. The van der Waals surface area contributed by atoms with Gasteiger partial charge in [-0.1, -0.05) is 64.8 Å². The van der Waals surface area contributed by atoms with Gasteiger partial charge < -0.3 is 49.0 Å². The summed E-state index contributed by atoms with van der Waals surface area (Å²) in [5.41, 5.74) is 4.59. The lowest BCUT2D eigenvalue weighted by molar-refractivity contribution is -0.129. The highest BCUT2D eigenvalue weighted by atomic mass is 16.5. The van der Waals surface area contributed by atoms with Crippen molar-refractivity contribution in [3.05, 3.63) is 77.7 Å². The smallest absolute Gasteiger partial charge is 0.407 e. The third-order valence-corrected chi connectivity index (χ3v) is 8.87. The van der Waals surface area contributed by atoms with E-state index in [1.807, 2.05) is 30.3 Å². The lowest BCUT2D eigenvalue weighted by Crippen LogP contribution is -2.38. The zero-order valence-electron chi connectivity index (χ0n) is 36.3. The second-order valence-corrected chi connectivity index (χ2v) is 13.8. The quantitative estimate of drug-likeness (QED) is 0.125. The molecule has 0 atom stereocenters. The van der Waals surface area contributed by atoms with Gasteiger partial charge in [0.25, 0.3) is 0 Å². The van der Waals surface area contributed by atoms with Gasteiger partial charge in [0.2, 0.25) is 23.0 Å². The number of nitrogens with one attached hydrogen (secondary N) is 4. The largest absolute Gasteiger partial charge is 0.490 e. The minimum atomic E-state index is -0.562. The molecule has 330 valence electrons. The van der Waals surface area contributed by atoms with Crippen LogP contribution in [0.25, 0.3) is 44.8 Å². The van der Waals surface area contributed by atoms with Crippen LogP contribution in [-0.4, -0.2) is 114 Å². The molecule has 17 heteroatoms. The number of alkyl carbamates (subject to hydrolysis) is 2. The van der Waals surface area contributed by atoms with Gasteiger partial charge in [-0.3, -0.25) is 14.4 Å². The van der Waals surface area contributed by atoms with Gasteiger partial charge >= 0.3 is 12.2 Å². The van der Waals surface area contributed by atoms with Crippen LogP contribution in [0.5, 0.6) is 5.75 Å². The molecule has 3 aromatic heterocycles. The lowest BCUT2D eigenvalue weighted by Gasteiger charge is -2.14. The van der Waals surface area contributed by atoms with Gasteiger partial charge in [-0.05, 0) is 49.4 Å². The molecule has 17 nitrogen and oxygen atoms in total. The monoisotopic (exact) mass is 844 g/mol. The number of carbonyl (C=O) groups excluding carboxylic acids is 4. The van der Waals surface area contributed by atoms with Gasteiger partial charge in [0.1, 0.15) is 18.7 Å². The Morgan fingerprint density at radius 3 is 1.51 bits per heavy atom. The zero-order chi connectivity index (χ0) is 44.6. The minimum Gasteiger partial charge on any atom is -0.490 e. The van der Waals surface area contributed by atoms with E-state index in [0.29, 0.717) is 16.7 Å². The number of hydrogen-bond donors (Lipinski definition) is 4. The molecule has 0 saturated carbocycles. The lowest BCUT2D eigenvalue weighted by atomic mass is 10.0. The molecule has 0 unspecified atom stereocenters. The molecule has 61 heavy (non-hydrogen) atoms. The maximum absolute atomic E-state index is 13.1. The first-order chi connectivity index (χ1) is 29.5. The second kappa shape index (κ2) is 26.4. The fourth-order valence-electron chi connectivity index (χ4n) is 5.95. The van der Waals surface area contributed by atoms with Crippen molar-refractivity contribution in [1.29, 1.82) is 0 Å². The summed E-state index contributed by atoms with van der Waals surface area (Å²) >= 11 is 0. The first kappa shape index (κ1) is 48.7. The van der Waals surface area contributed by atoms with Gasteiger partial charge in [0.15, 0.2) is 5.76 Å². The SMILES string of the molecule is CCC.CCC.COC(=O)NCC(=O)N1CCCC1.COC(=O)NCC(=O)N1CCCC1.COc1c(-c2ccc(-c3cnc[nH]3)cc2)oc2ccc(-c3cnc[nH]3)cc2c1=O. The summed E-state index contributed by atoms with van der Waals surface area (Å²) in [5, 5.41) is 5.16. The van der Waals surface area contributed by atoms with E-state index in [1.54, 1.807) is 47.0 Å². The Balaban J connectivity index is 0.000000259. The average molecular weight is 845 g/mol. The molecule has 4 N–H and O–H groups in total. The molecule has 2 aliphatic heterocycles. The average Bonchev–Trinajstić information content (AvgIpc) is 4.14. The molecule has 2 aliphatic rings. The number of H-pyrrole nitrogens is 2. The number of aromatic amines is 2. The molecule has 7 rings (SSSR count). The van der Waals surface area contributed by atoms with E-state index in [1.165, 1.54) is 34.2 Å². The third-order valence-electron chi connectivity index (χ3n) is 8.87. The molecule has 2 saturated heterocycles. The van der Waals surface area contributed by atoms with Crippen molar-refractivity contribution in [1.82, 2.24) is 40.4 Å². The van der Waals surface area contributed by atoms with Gasteiger partial charge in [-0.25, -0.2) is 19.6 Å². The van der Waals surface area contributed by atoms with Crippen LogP contribution in [0.2, 0.25) is 0 Å². The van der Waals surface area contributed by atoms with Crippen molar-refractivity contribution < 1.29 is 37.8 Å². The van der Waals surface area contributed by atoms with Crippen LogP contribution in [0.15, 0.2) is 76.7 Å². The Bertz CT molecular complexity index is 2080. The summed E-state index contributed by atoms with van der Waals surface area (Å²) in [6, 6.07) is 13.1. The number of ether oxygens (including phenoxy) is 3. The molecule has 0 bridgehead atoms. The first-order valence-electron chi connectivity index (χ1n) is 20.5. The fraction of sp³-hybridized carbons (Fsp3) is 0.432. The number of aromatic nitrogens is 4. The second-order valence-electron chi connectivity index (χ2n) is 13.8. The number of benzene rings is 2. The number of likely N-dealkylation sites (tertiary alicyclic amines) is 2. The highest BCUT2D eigenvalue weighted by Gasteiger charge is 2.20. The number of imidazole rings is 2. The molecule has 2 fully saturated rings. The number of hydrogen-bond acceptors (Lipinski definition) is 11. The zero-order valence-corrected chi connectivity index (χ0v) is 36.3. The van der Waals surface area contributed by atoms with Crippen LogP contribution in [0.3, 0.4) is 0 Å². The van der Waals surface area contributed by atoms with E-state index < -0.39 is 12.2 Å². The molecular formula is C44H60N8O9. The number of fused-ring (bicyclic) bond motifs is 1. The van der Waals surface area contributed by atoms with Crippen LogP contribution in [0.1, 0.15) is 66.2 Å². The molecule has 4 amide bonds. The Morgan fingerprint density at radius 1 is 0.672 bits per heavy atom. The third kappa shape index (κ3) is 15.2. The fourth-order valence-corrected chi connectivity index (χ4v) is 5.95. The molecule has 0 spiro atoms. The number of carbonyl (C=O) groups is 4. The number of nitrogens with zero attached hydrogens (tertiary/aromatic N) is 4. The van der Waals surface area contributed by atoms with Crippen LogP contribution in [0, 0.1) is 0 Å². The highest BCUT2D eigenvalue weighted by Crippen LogP contribution is 2.33. The van der Waals surface area contributed by atoms with Crippen LogP contribution in [0.4, 0.5) is 9.59 Å². The standard InChI is InChI=1S/C22H16N4O3.2C8H14N2O3.2C3H8/c1-28-22-20(27)16-8-15(18-10-24-12-26-18)6-7-19(16)29-21(22)14-4-2-13(3-5-14)17-9-23-11-25-17;2*1-13-8(12)9-6-7(11)10-4-2-3-5-10;2*1-3-2/h2-12H,1H3,(H,23,25)(H,24,26);2*2-6H2,1H3,(H,9,12);2*3H2,1-2H3. The topological polar surface area (TPSA) is 214 Å². The molecule has 5 heterocycles. The summed E-state index contributed by atoms with van der Waals surface area (Å²) in [7, 11) is 4.02.